The van der Waals surface area contributed by atoms with E-state index in [9.17, 15) is 13.5 Å². The standard InChI is InChI=1S/C15H24N2O3S/c1-3-15(18)13-6-5-7-14(12-13)21(19,20)17-10-8-16(4-2)9-11-17/h5-7,12,15,18H,3-4,8-11H2,1-2H3. The van der Waals surface area contributed by atoms with Crippen LogP contribution in [0.25, 0.3) is 0 Å². The average Bonchev–Trinajstić information content (AvgIpc) is 2.54. The zero-order valence-corrected chi connectivity index (χ0v) is 13.5. The number of hydrogen-bond donors (Lipinski definition) is 1. The summed E-state index contributed by atoms with van der Waals surface area (Å²) in [5, 5.41) is 9.88. The lowest BCUT2D eigenvalue weighted by Crippen LogP contribution is -2.48. The van der Waals surface area contributed by atoms with Gasteiger partial charge in [-0.15, -0.1) is 0 Å². The molecule has 1 aliphatic rings. The normalized spacial score (nSPS) is 19.6. The molecule has 1 N–H and O–H groups in total. The minimum atomic E-state index is -3.46. The highest BCUT2D eigenvalue weighted by atomic mass is 32.2. The molecule has 1 aromatic carbocycles. The van der Waals surface area contributed by atoms with Gasteiger partial charge in [0.25, 0.3) is 0 Å². The van der Waals surface area contributed by atoms with Gasteiger partial charge in [-0.05, 0) is 30.7 Å². The second kappa shape index (κ2) is 6.87. The van der Waals surface area contributed by atoms with Crippen molar-refractivity contribution in [2.75, 3.05) is 32.7 Å². The number of rotatable bonds is 5. The quantitative estimate of drug-likeness (QED) is 0.894. The van der Waals surface area contributed by atoms with Gasteiger partial charge < -0.3 is 10.0 Å². The summed E-state index contributed by atoms with van der Waals surface area (Å²) in [5.41, 5.74) is 0.658. The first-order chi connectivity index (χ1) is 9.98. The molecule has 1 fully saturated rings. The second-order valence-corrected chi connectivity index (χ2v) is 7.27. The van der Waals surface area contributed by atoms with Crippen LogP contribution < -0.4 is 0 Å². The molecule has 0 aromatic heterocycles. The molecule has 21 heavy (non-hydrogen) atoms. The van der Waals surface area contributed by atoms with E-state index in [2.05, 4.69) is 11.8 Å². The molecule has 1 aromatic rings. The van der Waals surface area contributed by atoms with Crippen molar-refractivity contribution in [2.45, 2.75) is 31.3 Å². The number of piperazine rings is 1. The van der Waals surface area contributed by atoms with Gasteiger partial charge in [-0.2, -0.15) is 4.31 Å². The molecule has 0 spiro atoms. The molecule has 118 valence electrons. The molecule has 0 saturated carbocycles. The van der Waals surface area contributed by atoms with Gasteiger partial charge >= 0.3 is 0 Å². The Morgan fingerprint density at radius 1 is 1.19 bits per heavy atom. The van der Waals surface area contributed by atoms with Gasteiger partial charge in [0.15, 0.2) is 0 Å². The molecule has 1 unspecified atom stereocenters. The van der Waals surface area contributed by atoms with Gasteiger partial charge in [0.1, 0.15) is 0 Å². The summed E-state index contributed by atoms with van der Waals surface area (Å²) in [5.74, 6) is 0. The Balaban J connectivity index is 2.20. The van der Waals surface area contributed by atoms with Crippen LogP contribution in [0.3, 0.4) is 0 Å². The maximum atomic E-state index is 12.7. The fourth-order valence-electron chi connectivity index (χ4n) is 2.55. The summed E-state index contributed by atoms with van der Waals surface area (Å²) in [6.07, 6.45) is -0.0457. The van der Waals surface area contributed by atoms with E-state index < -0.39 is 16.1 Å². The maximum Gasteiger partial charge on any atom is 0.243 e. The highest BCUT2D eigenvalue weighted by Crippen LogP contribution is 2.23. The van der Waals surface area contributed by atoms with Gasteiger partial charge in [-0.3, -0.25) is 0 Å². The Morgan fingerprint density at radius 3 is 2.43 bits per heavy atom. The summed E-state index contributed by atoms with van der Waals surface area (Å²) < 4.78 is 26.9. The molecule has 6 heteroatoms. The summed E-state index contributed by atoms with van der Waals surface area (Å²) in [4.78, 5) is 2.51. The first kappa shape index (κ1) is 16.4. The number of hydrogen-bond acceptors (Lipinski definition) is 4. The minimum absolute atomic E-state index is 0.275. The summed E-state index contributed by atoms with van der Waals surface area (Å²) in [6.45, 7) is 7.50. The third-order valence-electron chi connectivity index (χ3n) is 4.05. The van der Waals surface area contributed by atoms with Crippen LogP contribution >= 0.6 is 0 Å². The van der Waals surface area contributed by atoms with Crippen molar-refractivity contribution in [3.05, 3.63) is 29.8 Å². The van der Waals surface area contributed by atoms with Crippen LogP contribution in [0.1, 0.15) is 31.9 Å². The zero-order valence-electron chi connectivity index (χ0n) is 12.7. The molecule has 0 amide bonds. The van der Waals surface area contributed by atoms with Crippen LogP contribution in [-0.2, 0) is 10.0 Å². The van der Waals surface area contributed by atoms with E-state index in [-0.39, 0.29) is 4.90 Å². The predicted molar refractivity (Wildman–Crippen MR) is 82.6 cm³/mol. The number of likely N-dealkylation sites (N-methyl/N-ethyl adjacent to an activating group) is 1. The predicted octanol–water partition coefficient (Wildman–Crippen LogP) is 1.46. The topological polar surface area (TPSA) is 60.9 Å². The summed E-state index contributed by atoms with van der Waals surface area (Å²) in [7, 11) is -3.46. The SMILES string of the molecule is CCC(O)c1cccc(S(=O)(=O)N2CCN(CC)CC2)c1. The third-order valence-corrected chi connectivity index (χ3v) is 5.94. The van der Waals surface area contributed by atoms with Crippen molar-refractivity contribution < 1.29 is 13.5 Å². The van der Waals surface area contributed by atoms with E-state index in [1.54, 1.807) is 24.3 Å². The highest BCUT2D eigenvalue weighted by Gasteiger charge is 2.28. The van der Waals surface area contributed by atoms with Crippen LogP contribution in [0.4, 0.5) is 0 Å². The van der Waals surface area contributed by atoms with Gasteiger partial charge in [0, 0.05) is 26.2 Å². The monoisotopic (exact) mass is 312 g/mol. The molecule has 1 aliphatic heterocycles. The lowest BCUT2D eigenvalue weighted by Gasteiger charge is -2.33. The third kappa shape index (κ3) is 3.63. The summed E-state index contributed by atoms with van der Waals surface area (Å²) >= 11 is 0. The number of nitrogens with zero attached hydrogens (tertiary/aromatic N) is 2. The minimum Gasteiger partial charge on any atom is -0.388 e. The Bertz CT molecular complexity index is 566. The molecular weight excluding hydrogens is 288 g/mol. The van der Waals surface area contributed by atoms with E-state index in [1.165, 1.54) is 4.31 Å². The van der Waals surface area contributed by atoms with Crippen LogP contribution in [0, 0.1) is 0 Å². The molecule has 0 bridgehead atoms. The lowest BCUT2D eigenvalue weighted by molar-refractivity contribution is 0.173. The molecule has 0 radical (unpaired) electrons. The first-order valence-corrected chi connectivity index (χ1v) is 8.93. The van der Waals surface area contributed by atoms with Crippen molar-refractivity contribution in [3.8, 4) is 0 Å². The van der Waals surface area contributed by atoms with E-state index in [0.29, 0.717) is 25.1 Å². The summed E-state index contributed by atoms with van der Waals surface area (Å²) in [6, 6.07) is 6.66. The Morgan fingerprint density at radius 2 is 1.86 bits per heavy atom. The van der Waals surface area contributed by atoms with Crippen molar-refractivity contribution >= 4 is 10.0 Å². The molecule has 5 nitrogen and oxygen atoms in total. The molecule has 1 atom stereocenters. The Hall–Kier alpha value is -0.950. The largest absolute Gasteiger partial charge is 0.388 e. The van der Waals surface area contributed by atoms with Crippen molar-refractivity contribution in [2.24, 2.45) is 0 Å². The zero-order chi connectivity index (χ0) is 15.5. The highest BCUT2D eigenvalue weighted by molar-refractivity contribution is 7.89. The van der Waals surface area contributed by atoms with Gasteiger partial charge in [-0.1, -0.05) is 26.0 Å². The molecule has 0 aliphatic carbocycles. The number of aliphatic hydroxyl groups excluding tert-OH is 1. The van der Waals surface area contributed by atoms with Crippen molar-refractivity contribution in [3.63, 3.8) is 0 Å². The Kier molecular flexibility index (Phi) is 5.37. The number of aliphatic hydroxyl groups is 1. The van der Waals surface area contributed by atoms with Crippen molar-refractivity contribution in [1.29, 1.82) is 0 Å². The molecule has 1 heterocycles. The van der Waals surface area contributed by atoms with E-state index in [4.69, 9.17) is 0 Å². The van der Waals surface area contributed by atoms with Gasteiger partial charge in [0.2, 0.25) is 10.0 Å². The molecule has 1 saturated heterocycles. The van der Waals surface area contributed by atoms with E-state index >= 15 is 0 Å². The van der Waals surface area contributed by atoms with Gasteiger partial charge in [-0.25, -0.2) is 8.42 Å². The van der Waals surface area contributed by atoms with E-state index in [1.807, 2.05) is 6.92 Å². The van der Waals surface area contributed by atoms with Crippen molar-refractivity contribution in [1.82, 2.24) is 9.21 Å². The van der Waals surface area contributed by atoms with Gasteiger partial charge in [0.05, 0.1) is 11.0 Å². The molecular formula is C15H24N2O3S. The van der Waals surface area contributed by atoms with E-state index in [0.717, 1.165) is 19.6 Å². The fourth-order valence-corrected chi connectivity index (χ4v) is 4.03. The van der Waals surface area contributed by atoms with Crippen LogP contribution in [0.15, 0.2) is 29.2 Å². The van der Waals surface area contributed by atoms with Crippen LogP contribution in [0.2, 0.25) is 0 Å². The maximum absolute atomic E-state index is 12.7. The molecule has 2 rings (SSSR count). The second-order valence-electron chi connectivity index (χ2n) is 5.33. The smallest absolute Gasteiger partial charge is 0.243 e. The average molecular weight is 312 g/mol. The first-order valence-electron chi connectivity index (χ1n) is 7.49. The number of sulfonamides is 1. The number of benzene rings is 1. The lowest BCUT2D eigenvalue weighted by atomic mass is 10.1. The Labute approximate surface area is 127 Å². The van der Waals surface area contributed by atoms with Crippen LogP contribution in [-0.4, -0.2) is 55.5 Å². The van der Waals surface area contributed by atoms with Crippen LogP contribution in [0.5, 0.6) is 0 Å². The fraction of sp³-hybridized carbons (Fsp3) is 0.600.